The van der Waals surface area contributed by atoms with E-state index in [1.54, 1.807) is 0 Å². The van der Waals surface area contributed by atoms with Gasteiger partial charge in [-0.25, -0.2) is 9.97 Å². The highest BCUT2D eigenvalue weighted by Crippen LogP contribution is 2.49. The Bertz CT molecular complexity index is 2650. The van der Waals surface area contributed by atoms with E-state index in [0.717, 1.165) is 40.3 Å². The summed E-state index contributed by atoms with van der Waals surface area (Å²) in [6, 6.07) is 61.3. The van der Waals surface area contributed by atoms with E-state index in [1.807, 2.05) is 18.2 Å². The van der Waals surface area contributed by atoms with E-state index in [-0.39, 0.29) is 5.41 Å². The normalized spacial score (nSPS) is 13.3. The van der Waals surface area contributed by atoms with E-state index in [2.05, 4.69) is 166 Å². The summed E-state index contributed by atoms with van der Waals surface area (Å²) in [5.41, 5.74) is 20.8. The summed E-state index contributed by atoms with van der Waals surface area (Å²) >= 11 is 0. The monoisotopic (exact) mass is 664 g/mol. The summed E-state index contributed by atoms with van der Waals surface area (Å²) in [6.45, 7) is 4.67. The van der Waals surface area contributed by atoms with Gasteiger partial charge in [0.1, 0.15) is 0 Å². The molecular weight excluding hydrogens is 629 g/mol. The molecule has 2 aliphatic rings. The average Bonchev–Trinajstić information content (AvgIpc) is 3.70. The van der Waals surface area contributed by atoms with Gasteiger partial charge in [0, 0.05) is 22.1 Å². The van der Waals surface area contributed by atoms with E-state index in [9.17, 15) is 0 Å². The van der Waals surface area contributed by atoms with Crippen molar-refractivity contribution >= 4 is 0 Å². The fourth-order valence-electron chi connectivity index (χ4n) is 8.42. The number of nitrogens with zero attached hydrogens (tertiary/aromatic N) is 2. The zero-order valence-electron chi connectivity index (χ0n) is 29.3. The van der Waals surface area contributed by atoms with Crippen molar-refractivity contribution in [3.8, 4) is 78.4 Å². The van der Waals surface area contributed by atoms with E-state index in [1.165, 1.54) is 66.8 Å². The minimum Gasteiger partial charge on any atom is -0.228 e. The molecule has 0 saturated heterocycles. The topological polar surface area (TPSA) is 25.8 Å². The van der Waals surface area contributed by atoms with Crippen LogP contribution in [0.3, 0.4) is 0 Å². The molecule has 8 aromatic rings. The largest absolute Gasteiger partial charge is 0.228 e. The number of aromatic nitrogens is 2. The molecule has 0 amide bonds. The lowest BCUT2D eigenvalue weighted by molar-refractivity contribution is 0.660. The molecule has 0 fully saturated rings. The first-order valence-corrected chi connectivity index (χ1v) is 18.1. The van der Waals surface area contributed by atoms with Gasteiger partial charge in [-0.1, -0.05) is 172 Å². The van der Waals surface area contributed by atoms with Gasteiger partial charge in [-0.15, -0.1) is 0 Å². The van der Waals surface area contributed by atoms with Gasteiger partial charge < -0.3 is 0 Å². The molecule has 10 rings (SSSR count). The second-order valence-electron chi connectivity index (χ2n) is 14.6. The molecule has 2 aliphatic carbocycles. The Labute approximate surface area is 305 Å². The Hall–Kier alpha value is -6.38. The van der Waals surface area contributed by atoms with Crippen LogP contribution in [0.15, 0.2) is 170 Å². The highest BCUT2D eigenvalue weighted by atomic mass is 14.9. The third-order valence-electron chi connectivity index (χ3n) is 11.2. The maximum absolute atomic E-state index is 5.10. The fourth-order valence-corrected chi connectivity index (χ4v) is 8.42. The highest BCUT2D eigenvalue weighted by Gasteiger charge is 2.35. The van der Waals surface area contributed by atoms with Crippen molar-refractivity contribution in [3.05, 3.63) is 192 Å². The zero-order chi connectivity index (χ0) is 34.8. The maximum Gasteiger partial charge on any atom is 0.160 e. The summed E-state index contributed by atoms with van der Waals surface area (Å²) < 4.78 is 0. The van der Waals surface area contributed by atoms with E-state index >= 15 is 0 Å². The molecule has 0 bridgehead atoms. The maximum atomic E-state index is 5.10. The van der Waals surface area contributed by atoms with Crippen molar-refractivity contribution in [3.63, 3.8) is 0 Å². The van der Waals surface area contributed by atoms with E-state index in [0.29, 0.717) is 0 Å². The van der Waals surface area contributed by atoms with Crippen molar-refractivity contribution in [2.75, 3.05) is 0 Å². The Morgan fingerprint density at radius 3 is 1.69 bits per heavy atom. The molecule has 2 heteroatoms. The van der Waals surface area contributed by atoms with E-state index in [4.69, 9.17) is 9.97 Å². The Balaban J connectivity index is 0.996. The summed E-state index contributed by atoms with van der Waals surface area (Å²) in [7, 11) is 0. The molecule has 7 aromatic carbocycles. The molecule has 0 aliphatic heterocycles. The number of benzene rings is 7. The van der Waals surface area contributed by atoms with Gasteiger partial charge in [0.25, 0.3) is 0 Å². The fraction of sp³-hybridized carbons (Fsp3) is 0.0800. The lowest BCUT2D eigenvalue weighted by atomic mass is 9.81. The molecule has 0 saturated carbocycles. The number of hydrogen-bond acceptors (Lipinski definition) is 2. The van der Waals surface area contributed by atoms with Crippen LogP contribution in [0, 0.1) is 0 Å². The predicted octanol–water partition coefficient (Wildman–Crippen LogP) is 12.7. The molecule has 246 valence electrons. The van der Waals surface area contributed by atoms with Crippen LogP contribution in [-0.2, 0) is 11.8 Å². The molecular formula is C50H36N2. The standard InChI is InChI=1S/C50H36N2/c1-50(2)45-18-9-8-15-42(45)43-28-27-37(30-46(43)50)32-19-23-34(24-20-32)47-31-48(52-49(51-47)36-11-4-3-5-12-36)35-25-21-33(22-26-35)39-16-10-17-41-40-14-7-6-13-38(40)29-44(39)41/h3-28,30-31H,29H2,1-2H3. The molecule has 1 heterocycles. The van der Waals surface area contributed by atoms with Crippen molar-refractivity contribution in [2.24, 2.45) is 0 Å². The van der Waals surface area contributed by atoms with Crippen LogP contribution in [0.1, 0.15) is 36.1 Å². The number of fused-ring (bicyclic) bond motifs is 6. The molecule has 1 aromatic heterocycles. The lowest BCUT2D eigenvalue weighted by Crippen LogP contribution is -2.14. The van der Waals surface area contributed by atoms with Gasteiger partial charge in [0.05, 0.1) is 11.4 Å². The van der Waals surface area contributed by atoms with Gasteiger partial charge in [0.2, 0.25) is 0 Å². The van der Waals surface area contributed by atoms with Crippen LogP contribution < -0.4 is 0 Å². The van der Waals surface area contributed by atoms with Crippen molar-refractivity contribution < 1.29 is 0 Å². The first-order chi connectivity index (χ1) is 25.5. The van der Waals surface area contributed by atoms with Gasteiger partial charge in [-0.05, 0) is 85.3 Å². The van der Waals surface area contributed by atoms with Gasteiger partial charge >= 0.3 is 0 Å². The molecule has 52 heavy (non-hydrogen) atoms. The Kier molecular flexibility index (Phi) is 6.94. The Morgan fingerprint density at radius 2 is 0.942 bits per heavy atom. The summed E-state index contributed by atoms with van der Waals surface area (Å²) in [6.07, 6.45) is 0.969. The lowest BCUT2D eigenvalue weighted by Gasteiger charge is -2.22. The van der Waals surface area contributed by atoms with Crippen LogP contribution in [0.25, 0.3) is 78.4 Å². The smallest absolute Gasteiger partial charge is 0.160 e. The molecule has 0 radical (unpaired) electrons. The molecule has 0 atom stereocenters. The van der Waals surface area contributed by atoms with Gasteiger partial charge in [-0.2, -0.15) is 0 Å². The van der Waals surface area contributed by atoms with Crippen molar-refractivity contribution in [1.29, 1.82) is 0 Å². The second kappa shape index (κ2) is 11.9. The summed E-state index contributed by atoms with van der Waals surface area (Å²) in [5.74, 6) is 0.723. The molecule has 0 unspecified atom stereocenters. The summed E-state index contributed by atoms with van der Waals surface area (Å²) in [4.78, 5) is 10.2. The van der Waals surface area contributed by atoms with Crippen LogP contribution in [0.5, 0.6) is 0 Å². The average molecular weight is 665 g/mol. The minimum absolute atomic E-state index is 0.0295. The van der Waals surface area contributed by atoms with Crippen LogP contribution in [0.2, 0.25) is 0 Å². The van der Waals surface area contributed by atoms with Crippen molar-refractivity contribution in [2.45, 2.75) is 25.7 Å². The van der Waals surface area contributed by atoms with Crippen LogP contribution in [-0.4, -0.2) is 9.97 Å². The highest BCUT2D eigenvalue weighted by molar-refractivity contribution is 5.86. The van der Waals surface area contributed by atoms with Crippen LogP contribution in [0.4, 0.5) is 0 Å². The predicted molar refractivity (Wildman–Crippen MR) is 215 cm³/mol. The quantitative estimate of drug-likeness (QED) is 0.183. The van der Waals surface area contributed by atoms with Gasteiger partial charge in [-0.3, -0.25) is 0 Å². The van der Waals surface area contributed by atoms with Gasteiger partial charge in [0.15, 0.2) is 5.82 Å². The number of rotatable bonds is 5. The SMILES string of the molecule is CC1(C)c2ccccc2-c2ccc(-c3ccc(-c4cc(-c5ccc(-c6cccc7c6Cc6ccccc6-7)cc5)nc(-c5ccccc5)n4)cc3)cc21. The second-order valence-corrected chi connectivity index (χ2v) is 14.6. The first-order valence-electron chi connectivity index (χ1n) is 18.1. The van der Waals surface area contributed by atoms with E-state index < -0.39 is 0 Å². The first kappa shape index (κ1) is 30.4. The molecule has 2 nitrogen and oxygen atoms in total. The Morgan fingerprint density at radius 1 is 0.385 bits per heavy atom. The zero-order valence-corrected chi connectivity index (χ0v) is 29.3. The summed E-state index contributed by atoms with van der Waals surface area (Å²) in [5, 5.41) is 0. The number of hydrogen-bond donors (Lipinski definition) is 0. The third-order valence-corrected chi connectivity index (χ3v) is 11.2. The molecule has 0 spiro atoms. The minimum atomic E-state index is -0.0295. The molecule has 0 N–H and O–H groups in total. The van der Waals surface area contributed by atoms with Crippen LogP contribution >= 0.6 is 0 Å². The third kappa shape index (κ3) is 4.94. The van der Waals surface area contributed by atoms with Crippen molar-refractivity contribution in [1.82, 2.24) is 9.97 Å².